The van der Waals surface area contributed by atoms with Gasteiger partial charge in [-0.2, -0.15) is 4.98 Å². The summed E-state index contributed by atoms with van der Waals surface area (Å²) in [5.74, 6) is 1.51. The molecule has 0 saturated carbocycles. The van der Waals surface area contributed by atoms with E-state index in [1.807, 2.05) is 53.5 Å². The fraction of sp³-hybridized carbons (Fsp3) is 0.395. The van der Waals surface area contributed by atoms with Crippen LogP contribution in [-0.4, -0.2) is 48.0 Å². The summed E-state index contributed by atoms with van der Waals surface area (Å²) in [6.45, 7) is 11.6. The normalized spacial score (nSPS) is 14.5. The van der Waals surface area contributed by atoms with E-state index in [1.54, 1.807) is 7.11 Å². The van der Waals surface area contributed by atoms with Gasteiger partial charge in [-0.15, -0.1) is 0 Å². The monoisotopic (exact) mass is 692 g/mol. The van der Waals surface area contributed by atoms with Gasteiger partial charge < -0.3 is 26.0 Å². The average Bonchev–Trinajstić information content (AvgIpc) is 3.10. The molecule has 4 rings (SSSR count). The molecule has 0 radical (unpaired) electrons. The number of nitrogens with two attached hydrogens (primary N) is 1. The third-order valence-corrected chi connectivity index (χ3v) is 8.78. The summed E-state index contributed by atoms with van der Waals surface area (Å²) in [4.78, 5) is 21.0. The van der Waals surface area contributed by atoms with Gasteiger partial charge in [0.2, 0.25) is 11.7 Å². The van der Waals surface area contributed by atoms with Crippen LogP contribution in [0.1, 0.15) is 57.1 Å². The van der Waals surface area contributed by atoms with Crippen LogP contribution in [0.2, 0.25) is 10.3 Å². The summed E-state index contributed by atoms with van der Waals surface area (Å²) in [6, 6.07) is 16.3. The van der Waals surface area contributed by atoms with Gasteiger partial charge in [0.15, 0.2) is 5.82 Å². The van der Waals surface area contributed by atoms with E-state index in [1.165, 1.54) is 11.8 Å². The first-order valence-electron chi connectivity index (χ1n) is 16.6. The number of carbonyl (C=O) groups is 1. The minimum absolute atomic E-state index is 0.128. The van der Waals surface area contributed by atoms with Gasteiger partial charge in [0.05, 0.1) is 12.8 Å². The van der Waals surface area contributed by atoms with Crippen LogP contribution in [0.3, 0.4) is 0 Å². The predicted molar refractivity (Wildman–Crippen MR) is 201 cm³/mol. The van der Waals surface area contributed by atoms with E-state index in [-0.39, 0.29) is 5.28 Å². The highest BCUT2D eigenvalue weighted by molar-refractivity contribution is 6.33. The number of hydrogen-bond donors (Lipinski definition) is 3. The van der Waals surface area contributed by atoms with Crippen LogP contribution in [0.4, 0.5) is 17.2 Å². The first kappa shape index (κ1) is 38.6. The third-order valence-electron chi connectivity index (χ3n) is 8.32. The number of benzene rings is 2. The highest BCUT2D eigenvalue weighted by atomic mass is 35.5. The molecule has 1 unspecified atom stereocenters. The molecule has 1 amide bonds. The van der Waals surface area contributed by atoms with E-state index >= 15 is 0 Å². The van der Waals surface area contributed by atoms with Gasteiger partial charge in [0.25, 0.3) is 0 Å². The second kappa shape index (κ2) is 21.2. The molecule has 2 heterocycles. The van der Waals surface area contributed by atoms with Crippen LogP contribution in [0.25, 0.3) is 0 Å². The first-order valence-corrected chi connectivity index (χ1v) is 17.3. The quantitative estimate of drug-likeness (QED) is 0.0782. The topological polar surface area (TPSA) is 105 Å². The summed E-state index contributed by atoms with van der Waals surface area (Å²) in [5.41, 5.74) is 12.4. The number of halogens is 2. The van der Waals surface area contributed by atoms with E-state index in [0.717, 1.165) is 92.8 Å². The fourth-order valence-corrected chi connectivity index (χ4v) is 5.61. The zero-order chi connectivity index (χ0) is 34.7. The molecule has 1 aliphatic heterocycles. The Morgan fingerprint density at radius 2 is 1.94 bits per heavy atom. The predicted octanol–water partition coefficient (Wildman–Crippen LogP) is 8.96. The van der Waals surface area contributed by atoms with Gasteiger partial charge in [-0.1, -0.05) is 80.9 Å². The number of aromatic nitrogens is 2. The molecule has 2 aromatic carbocycles. The minimum atomic E-state index is 0.128. The molecule has 0 bridgehead atoms. The van der Waals surface area contributed by atoms with Gasteiger partial charge in [0, 0.05) is 43.8 Å². The Morgan fingerprint density at radius 3 is 2.60 bits per heavy atom. The highest BCUT2D eigenvalue weighted by Gasteiger charge is 2.18. The number of aryl methyl sites for hydroxylation is 1. The molecule has 1 saturated heterocycles. The largest absolute Gasteiger partial charge is 0.399 e. The molecule has 48 heavy (non-hydrogen) atoms. The van der Waals surface area contributed by atoms with Crippen LogP contribution < -0.4 is 16.4 Å². The van der Waals surface area contributed by atoms with Crippen LogP contribution in [-0.2, 0) is 22.6 Å². The number of carbonyl (C=O) groups excluding carboxylic acids is 1. The molecule has 0 spiro atoms. The molecule has 8 nitrogen and oxygen atoms in total. The zero-order valence-electron chi connectivity index (χ0n) is 28.4. The van der Waals surface area contributed by atoms with Crippen molar-refractivity contribution >= 4 is 46.8 Å². The summed E-state index contributed by atoms with van der Waals surface area (Å²) in [5, 5.41) is 7.44. The van der Waals surface area contributed by atoms with Crippen LogP contribution >= 0.6 is 23.2 Å². The smallest absolute Gasteiger partial charge is 0.224 e. The number of ether oxygens (including phenoxy) is 1. The molecule has 1 aliphatic rings. The average molecular weight is 694 g/mol. The van der Waals surface area contributed by atoms with Crippen molar-refractivity contribution in [3.05, 3.63) is 112 Å². The number of amides is 1. The lowest BCUT2D eigenvalue weighted by molar-refractivity contribution is -0.119. The summed E-state index contributed by atoms with van der Waals surface area (Å²) in [7, 11) is 1.70. The maximum Gasteiger partial charge on any atom is 0.224 e. The van der Waals surface area contributed by atoms with Crippen molar-refractivity contribution in [2.45, 2.75) is 59.0 Å². The maximum absolute atomic E-state index is 11.0. The lowest BCUT2D eigenvalue weighted by Crippen LogP contribution is -2.33. The molecule has 10 heteroatoms. The van der Waals surface area contributed by atoms with Crippen LogP contribution in [0, 0.1) is 11.8 Å². The summed E-state index contributed by atoms with van der Waals surface area (Å²) >= 11 is 12.3. The second-order valence-electron chi connectivity index (χ2n) is 12.0. The Hall–Kier alpha value is -3.85. The number of likely N-dealkylation sites (tertiary alicyclic amines) is 1. The van der Waals surface area contributed by atoms with E-state index in [2.05, 4.69) is 59.2 Å². The Balaban J connectivity index is 0.000000598. The molecule has 258 valence electrons. The first-order chi connectivity index (χ1) is 23.2. The fourth-order valence-electron chi connectivity index (χ4n) is 5.34. The standard InChI is InChI=1S/C30H40Cl2N6O.C8H10O/c1-4-21(3)16-25(33)17-22(5-2)6-7-24-18-26(36-29-27(31)19-35-30(32)37-29)8-9-28(24)34-13-10-23-11-14-38(20-39)15-12-23;1-9-7-8-5-3-2-4-6-8/h5,8-9,16-21,23,34H,2,4,6-7,10-15,33H2,1,3H3,(H,35,36,37);2-6H,7H2,1H3/b22-17+,25-16+;. The van der Waals surface area contributed by atoms with Gasteiger partial charge in [-0.3, -0.25) is 4.79 Å². The minimum Gasteiger partial charge on any atom is -0.399 e. The van der Waals surface area contributed by atoms with Crippen molar-refractivity contribution in [2.75, 3.05) is 37.4 Å². The van der Waals surface area contributed by atoms with Crippen molar-refractivity contribution in [2.24, 2.45) is 17.6 Å². The van der Waals surface area contributed by atoms with E-state index in [4.69, 9.17) is 33.7 Å². The maximum atomic E-state index is 11.0. The van der Waals surface area contributed by atoms with Crippen molar-refractivity contribution in [3.63, 3.8) is 0 Å². The number of nitrogens with one attached hydrogen (secondary N) is 2. The van der Waals surface area contributed by atoms with E-state index in [0.29, 0.717) is 29.3 Å². The zero-order valence-corrected chi connectivity index (χ0v) is 29.9. The Kier molecular flexibility index (Phi) is 17.0. The number of piperidine rings is 1. The number of anilines is 3. The lowest BCUT2D eigenvalue weighted by Gasteiger charge is -2.29. The van der Waals surface area contributed by atoms with Crippen molar-refractivity contribution in [3.8, 4) is 0 Å². The van der Waals surface area contributed by atoms with Crippen molar-refractivity contribution < 1.29 is 9.53 Å². The van der Waals surface area contributed by atoms with Gasteiger partial charge >= 0.3 is 0 Å². The van der Waals surface area contributed by atoms with Gasteiger partial charge in [-0.25, -0.2) is 4.98 Å². The highest BCUT2D eigenvalue weighted by Crippen LogP contribution is 2.29. The van der Waals surface area contributed by atoms with E-state index < -0.39 is 0 Å². The Bertz CT molecular complexity index is 1490. The SMILES string of the molecule is C=C/C(=C\C(N)=C/C(C)CC)CCc1cc(Nc2nc(Cl)ncc2Cl)ccc1NCCC1CCN(C=O)CC1.COCc1ccccc1. The lowest BCUT2D eigenvalue weighted by atomic mass is 9.93. The van der Waals surface area contributed by atoms with Crippen molar-refractivity contribution in [1.82, 2.24) is 14.9 Å². The second-order valence-corrected chi connectivity index (χ2v) is 12.8. The van der Waals surface area contributed by atoms with Crippen LogP contribution in [0.5, 0.6) is 0 Å². The molecule has 1 fully saturated rings. The number of hydrogen-bond acceptors (Lipinski definition) is 7. The summed E-state index contributed by atoms with van der Waals surface area (Å²) in [6.07, 6.45) is 14.2. The number of methoxy groups -OCH3 is 1. The molecule has 0 aliphatic carbocycles. The Labute approximate surface area is 296 Å². The molecule has 4 N–H and O–H groups in total. The number of allylic oxidation sites excluding steroid dienone is 4. The molecular weight excluding hydrogens is 643 g/mol. The number of rotatable bonds is 16. The van der Waals surface area contributed by atoms with Crippen molar-refractivity contribution in [1.29, 1.82) is 0 Å². The van der Waals surface area contributed by atoms with Gasteiger partial charge in [-0.05, 0) is 96.5 Å². The molecule has 1 aromatic heterocycles. The molecule has 1 atom stereocenters. The van der Waals surface area contributed by atoms with E-state index in [9.17, 15) is 4.79 Å². The Morgan fingerprint density at radius 1 is 1.19 bits per heavy atom. The third kappa shape index (κ3) is 13.7. The molecular formula is C38H50Cl2N6O2. The molecule has 3 aromatic rings. The van der Waals surface area contributed by atoms with Gasteiger partial charge in [0.1, 0.15) is 5.02 Å². The summed E-state index contributed by atoms with van der Waals surface area (Å²) < 4.78 is 4.93. The van der Waals surface area contributed by atoms with Crippen LogP contribution in [0.15, 0.2) is 90.8 Å². The number of nitrogens with zero attached hydrogens (tertiary/aromatic N) is 3.